The second kappa shape index (κ2) is 7.44. The van der Waals surface area contributed by atoms with Crippen molar-refractivity contribution >= 4 is 5.91 Å². The van der Waals surface area contributed by atoms with Crippen LogP contribution in [0.25, 0.3) is 0 Å². The Balaban J connectivity index is 2.71. The summed E-state index contributed by atoms with van der Waals surface area (Å²) in [5, 5.41) is 2.05. The number of hydrazine groups is 1. The number of benzene rings is 1. The van der Waals surface area contributed by atoms with Gasteiger partial charge in [0.25, 0.3) is 5.91 Å². The number of carbonyl (C=O) groups is 1. The topological polar surface area (TPSA) is 32.3 Å². The molecule has 0 aliphatic rings. The van der Waals surface area contributed by atoms with Gasteiger partial charge in [-0.05, 0) is 46.2 Å². The van der Waals surface area contributed by atoms with Crippen LogP contribution < -0.4 is 5.43 Å². The van der Waals surface area contributed by atoms with E-state index in [1.807, 2.05) is 36.2 Å². The van der Waals surface area contributed by atoms with Crippen molar-refractivity contribution < 1.29 is 4.79 Å². The molecule has 0 aromatic heterocycles. The first-order valence-corrected chi connectivity index (χ1v) is 7.50. The Labute approximate surface area is 123 Å². The van der Waals surface area contributed by atoms with E-state index >= 15 is 0 Å². The number of amides is 1. The number of rotatable bonds is 6. The van der Waals surface area contributed by atoms with Gasteiger partial charge < -0.3 is 0 Å². The highest BCUT2D eigenvalue weighted by Crippen LogP contribution is 2.13. The zero-order chi connectivity index (χ0) is 15.2. The van der Waals surface area contributed by atoms with E-state index in [0.717, 1.165) is 24.1 Å². The van der Waals surface area contributed by atoms with Crippen LogP contribution in [-0.2, 0) is 0 Å². The van der Waals surface area contributed by atoms with Gasteiger partial charge in [-0.15, -0.1) is 0 Å². The molecular weight excluding hydrogens is 248 g/mol. The van der Waals surface area contributed by atoms with Gasteiger partial charge in [-0.2, -0.15) is 0 Å². The largest absolute Gasteiger partial charge is 0.284 e. The summed E-state index contributed by atoms with van der Waals surface area (Å²) in [6, 6.07) is 7.69. The maximum Gasteiger partial charge on any atom is 0.265 e. The number of unbranched alkanes of at least 4 members (excludes halogenated alkanes) is 2. The average Bonchev–Trinajstić information content (AvgIpc) is 2.36. The first-order chi connectivity index (χ1) is 9.34. The van der Waals surface area contributed by atoms with Gasteiger partial charge in [0.05, 0.1) is 0 Å². The zero-order valence-corrected chi connectivity index (χ0v) is 13.5. The molecular formula is C17H28N2O. The summed E-state index contributed by atoms with van der Waals surface area (Å²) in [7, 11) is 0. The van der Waals surface area contributed by atoms with Crippen LogP contribution >= 0.6 is 0 Å². The highest BCUT2D eigenvalue weighted by molar-refractivity contribution is 5.94. The Morgan fingerprint density at radius 2 is 1.95 bits per heavy atom. The third-order valence-corrected chi connectivity index (χ3v) is 3.31. The molecule has 0 aliphatic heterocycles. The molecule has 0 radical (unpaired) electrons. The lowest BCUT2D eigenvalue weighted by Gasteiger charge is -2.35. The Hall–Kier alpha value is -1.35. The molecule has 0 saturated carbocycles. The zero-order valence-electron chi connectivity index (χ0n) is 13.5. The maximum absolute atomic E-state index is 12.3. The molecule has 1 aromatic rings. The standard InChI is InChI=1S/C17H28N2O/c1-6-7-8-12-19(17(3,4)5)18-16(20)15-11-9-10-14(2)13-15/h9-11,13H,6-8,12H2,1-5H3,(H,18,20). The normalized spacial score (nSPS) is 11.7. The van der Waals surface area contributed by atoms with E-state index < -0.39 is 0 Å². The van der Waals surface area contributed by atoms with Crippen molar-refractivity contribution in [1.29, 1.82) is 0 Å². The maximum atomic E-state index is 12.3. The number of aryl methyl sites for hydroxylation is 1. The summed E-state index contributed by atoms with van der Waals surface area (Å²) in [6.07, 6.45) is 3.47. The van der Waals surface area contributed by atoms with E-state index in [-0.39, 0.29) is 11.4 Å². The summed E-state index contributed by atoms with van der Waals surface area (Å²) < 4.78 is 0. The van der Waals surface area contributed by atoms with Crippen molar-refractivity contribution in [2.75, 3.05) is 6.54 Å². The van der Waals surface area contributed by atoms with Gasteiger partial charge in [-0.3, -0.25) is 10.2 Å². The molecule has 0 aliphatic carbocycles. The molecule has 3 nitrogen and oxygen atoms in total. The lowest BCUT2D eigenvalue weighted by atomic mass is 10.1. The molecule has 1 N–H and O–H groups in total. The highest BCUT2D eigenvalue weighted by Gasteiger charge is 2.23. The average molecular weight is 276 g/mol. The van der Waals surface area contributed by atoms with Crippen molar-refractivity contribution in [2.45, 2.75) is 59.4 Å². The molecule has 1 amide bonds. The van der Waals surface area contributed by atoms with Crippen LogP contribution in [0.2, 0.25) is 0 Å². The van der Waals surface area contributed by atoms with Crippen LogP contribution in [0.5, 0.6) is 0 Å². The summed E-state index contributed by atoms with van der Waals surface area (Å²) in [4.78, 5) is 12.3. The van der Waals surface area contributed by atoms with Crippen molar-refractivity contribution in [3.05, 3.63) is 35.4 Å². The summed E-state index contributed by atoms with van der Waals surface area (Å²) in [5.41, 5.74) is 4.80. The number of nitrogens with zero attached hydrogens (tertiary/aromatic N) is 1. The Morgan fingerprint density at radius 3 is 2.50 bits per heavy atom. The van der Waals surface area contributed by atoms with E-state index in [2.05, 4.69) is 33.1 Å². The molecule has 112 valence electrons. The number of hydrogen-bond donors (Lipinski definition) is 1. The van der Waals surface area contributed by atoms with Gasteiger partial charge >= 0.3 is 0 Å². The van der Waals surface area contributed by atoms with Crippen molar-refractivity contribution in [2.24, 2.45) is 0 Å². The van der Waals surface area contributed by atoms with Crippen LogP contribution in [-0.4, -0.2) is 23.0 Å². The van der Waals surface area contributed by atoms with E-state index in [9.17, 15) is 4.79 Å². The SMILES string of the molecule is CCCCCN(NC(=O)c1cccc(C)c1)C(C)(C)C. The fourth-order valence-corrected chi connectivity index (χ4v) is 2.05. The molecule has 1 rings (SSSR count). The third-order valence-electron chi connectivity index (χ3n) is 3.31. The Kier molecular flexibility index (Phi) is 6.21. The summed E-state index contributed by atoms with van der Waals surface area (Å²) in [5.74, 6) is -0.0277. The number of carbonyl (C=O) groups excluding carboxylic acids is 1. The van der Waals surface area contributed by atoms with Gasteiger partial charge in [0, 0.05) is 17.6 Å². The quantitative estimate of drug-likeness (QED) is 0.630. The molecule has 3 heteroatoms. The minimum absolute atomic E-state index is 0.0277. The second-order valence-corrected chi connectivity index (χ2v) is 6.34. The molecule has 20 heavy (non-hydrogen) atoms. The molecule has 0 unspecified atom stereocenters. The smallest absolute Gasteiger partial charge is 0.265 e. The van der Waals surface area contributed by atoms with E-state index in [4.69, 9.17) is 0 Å². The minimum Gasteiger partial charge on any atom is -0.284 e. The van der Waals surface area contributed by atoms with Crippen LogP contribution in [0.15, 0.2) is 24.3 Å². The second-order valence-electron chi connectivity index (χ2n) is 6.34. The molecule has 0 atom stereocenters. The predicted octanol–water partition coefficient (Wildman–Crippen LogP) is 3.93. The fraction of sp³-hybridized carbons (Fsp3) is 0.588. The van der Waals surface area contributed by atoms with Gasteiger partial charge in [-0.25, -0.2) is 5.01 Å². The first-order valence-electron chi connectivity index (χ1n) is 7.50. The minimum atomic E-state index is -0.0762. The van der Waals surface area contributed by atoms with E-state index in [1.165, 1.54) is 12.8 Å². The molecule has 0 bridgehead atoms. The van der Waals surface area contributed by atoms with Gasteiger partial charge in [0.15, 0.2) is 0 Å². The van der Waals surface area contributed by atoms with Gasteiger partial charge in [0.2, 0.25) is 0 Å². The molecule has 0 spiro atoms. The summed E-state index contributed by atoms with van der Waals surface area (Å²) >= 11 is 0. The highest BCUT2D eigenvalue weighted by atomic mass is 16.2. The van der Waals surface area contributed by atoms with Gasteiger partial charge in [0.1, 0.15) is 0 Å². The van der Waals surface area contributed by atoms with Crippen LogP contribution in [0.3, 0.4) is 0 Å². The monoisotopic (exact) mass is 276 g/mol. The lowest BCUT2D eigenvalue weighted by molar-refractivity contribution is 0.0498. The molecule has 0 saturated heterocycles. The Bertz CT molecular complexity index is 435. The van der Waals surface area contributed by atoms with E-state index in [0.29, 0.717) is 0 Å². The summed E-state index contributed by atoms with van der Waals surface area (Å²) in [6.45, 7) is 11.4. The van der Waals surface area contributed by atoms with Crippen LogP contribution in [0, 0.1) is 6.92 Å². The fourth-order valence-electron chi connectivity index (χ4n) is 2.05. The molecule has 0 fully saturated rings. The van der Waals surface area contributed by atoms with Crippen LogP contribution in [0.1, 0.15) is 62.9 Å². The van der Waals surface area contributed by atoms with E-state index in [1.54, 1.807) is 0 Å². The number of hydrogen-bond acceptors (Lipinski definition) is 2. The van der Waals surface area contributed by atoms with Crippen molar-refractivity contribution in [1.82, 2.24) is 10.4 Å². The molecule has 0 heterocycles. The number of nitrogens with one attached hydrogen (secondary N) is 1. The van der Waals surface area contributed by atoms with Crippen LogP contribution in [0.4, 0.5) is 0 Å². The Morgan fingerprint density at radius 1 is 1.25 bits per heavy atom. The lowest BCUT2D eigenvalue weighted by Crippen LogP contribution is -2.53. The van der Waals surface area contributed by atoms with Crippen molar-refractivity contribution in [3.8, 4) is 0 Å². The van der Waals surface area contributed by atoms with Gasteiger partial charge in [-0.1, -0.05) is 37.5 Å². The molecule has 1 aromatic carbocycles. The predicted molar refractivity (Wildman–Crippen MR) is 84.6 cm³/mol. The first kappa shape index (κ1) is 16.7. The third kappa shape index (κ3) is 5.33. The van der Waals surface area contributed by atoms with Crippen molar-refractivity contribution in [3.63, 3.8) is 0 Å².